The van der Waals surface area contributed by atoms with Gasteiger partial charge in [0, 0.05) is 85.1 Å². The third-order valence-electron chi connectivity index (χ3n) is 7.03. The lowest BCUT2D eigenvalue weighted by Gasteiger charge is -2.34. The highest BCUT2D eigenvalue weighted by Crippen LogP contribution is 2.36. The van der Waals surface area contributed by atoms with Gasteiger partial charge >= 0.3 is 0 Å². The molecular weight excluding hydrogens is 484 g/mol. The summed E-state index contributed by atoms with van der Waals surface area (Å²) in [6.45, 7) is 3.38. The number of hydrogen-bond donors (Lipinski definition) is 1. The Labute approximate surface area is 219 Å². The van der Waals surface area contributed by atoms with Gasteiger partial charge in [-0.3, -0.25) is 0 Å². The number of nitrogens with one attached hydrogen (secondary N) is 1. The first-order chi connectivity index (χ1) is 18.5. The van der Waals surface area contributed by atoms with E-state index in [1.807, 2.05) is 48.1 Å². The number of pyridine rings is 1. The number of halogens is 2. The second-order valence-electron chi connectivity index (χ2n) is 9.58. The fourth-order valence-electron chi connectivity index (χ4n) is 4.94. The molecule has 0 spiro atoms. The second kappa shape index (κ2) is 9.83. The van der Waals surface area contributed by atoms with Gasteiger partial charge in [0.25, 0.3) is 0 Å². The Hall–Kier alpha value is -4.37. The normalized spacial score (nSPS) is 14.3. The Bertz CT molecular complexity index is 1610. The van der Waals surface area contributed by atoms with Crippen LogP contribution in [0.2, 0.25) is 0 Å². The van der Waals surface area contributed by atoms with Gasteiger partial charge in [-0.25, -0.2) is 19.3 Å². The van der Waals surface area contributed by atoms with Crippen molar-refractivity contribution in [3.63, 3.8) is 0 Å². The van der Waals surface area contributed by atoms with Crippen molar-refractivity contribution in [2.75, 3.05) is 43.4 Å². The summed E-state index contributed by atoms with van der Waals surface area (Å²) in [5.74, 6) is -0.511. The summed E-state index contributed by atoms with van der Waals surface area (Å²) in [5.41, 5.74) is 5.20. The zero-order valence-corrected chi connectivity index (χ0v) is 21.2. The van der Waals surface area contributed by atoms with Crippen LogP contribution in [0.5, 0.6) is 0 Å². The van der Waals surface area contributed by atoms with Crippen molar-refractivity contribution in [3.8, 4) is 22.4 Å². The highest BCUT2D eigenvalue weighted by molar-refractivity contribution is 5.98. The molecule has 0 unspecified atom stereocenters. The summed E-state index contributed by atoms with van der Waals surface area (Å²) >= 11 is 0. The maximum atomic E-state index is 15.1. The van der Waals surface area contributed by atoms with Crippen LogP contribution in [0.4, 0.5) is 26.1 Å². The Morgan fingerprint density at radius 3 is 2.42 bits per heavy atom. The van der Waals surface area contributed by atoms with Crippen molar-refractivity contribution in [2.24, 2.45) is 7.05 Å². The van der Waals surface area contributed by atoms with E-state index in [1.54, 1.807) is 18.3 Å². The van der Waals surface area contributed by atoms with Gasteiger partial charge in [-0.05, 0) is 43.4 Å². The third kappa shape index (κ3) is 4.56. The summed E-state index contributed by atoms with van der Waals surface area (Å²) in [7, 11) is 4.06. The number of rotatable bonds is 5. The van der Waals surface area contributed by atoms with Gasteiger partial charge in [-0.15, -0.1) is 0 Å². The van der Waals surface area contributed by atoms with Crippen molar-refractivity contribution >= 4 is 28.2 Å². The molecule has 0 atom stereocenters. The number of fused-ring (bicyclic) bond motifs is 1. The molecule has 3 aromatic heterocycles. The first-order valence-electron chi connectivity index (χ1n) is 12.5. The van der Waals surface area contributed by atoms with Crippen molar-refractivity contribution in [3.05, 3.63) is 85.0 Å². The molecule has 0 radical (unpaired) electrons. The Morgan fingerprint density at radius 2 is 1.66 bits per heavy atom. The van der Waals surface area contributed by atoms with Gasteiger partial charge in [-0.2, -0.15) is 4.39 Å². The molecule has 0 bridgehead atoms. The van der Waals surface area contributed by atoms with Gasteiger partial charge in [0.1, 0.15) is 5.82 Å². The molecule has 1 saturated heterocycles. The van der Waals surface area contributed by atoms with Crippen molar-refractivity contribution in [1.82, 2.24) is 24.4 Å². The first kappa shape index (κ1) is 24.0. The lowest BCUT2D eigenvalue weighted by Crippen LogP contribution is -2.44. The molecule has 4 heterocycles. The summed E-state index contributed by atoms with van der Waals surface area (Å²) in [6, 6.07) is 16.2. The molecule has 0 amide bonds. The SMILES string of the molecule is CN1CCN(c2ccc(Nc3ncc(-c4ccc(F)nc4)c(-c4cn(C)c5ccccc45)n3)cc2F)CC1. The van der Waals surface area contributed by atoms with E-state index in [4.69, 9.17) is 4.98 Å². The van der Waals surface area contributed by atoms with E-state index >= 15 is 4.39 Å². The van der Waals surface area contributed by atoms with Crippen LogP contribution >= 0.6 is 0 Å². The zero-order chi connectivity index (χ0) is 26.2. The van der Waals surface area contributed by atoms with Crippen LogP contribution in [0.1, 0.15) is 0 Å². The molecule has 1 fully saturated rings. The molecule has 6 rings (SSSR count). The number of benzene rings is 2. The van der Waals surface area contributed by atoms with Gasteiger partial charge in [0.2, 0.25) is 11.9 Å². The van der Waals surface area contributed by atoms with Crippen LogP contribution in [-0.4, -0.2) is 57.6 Å². The molecule has 192 valence electrons. The van der Waals surface area contributed by atoms with Crippen LogP contribution < -0.4 is 10.2 Å². The number of piperazine rings is 1. The number of aromatic nitrogens is 4. The second-order valence-corrected chi connectivity index (χ2v) is 9.58. The predicted molar refractivity (Wildman–Crippen MR) is 147 cm³/mol. The monoisotopic (exact) mass is 511 g/mol. The highest BCUT2D eigenvalue weighted by atomic mass is 19.1. The number of anilines is 3. The van der Waals surface area contributed by atoms with Crippen molar-refractivity contribution in [1.29, 1.82) is 0 Å². The molecule has 0 saturated carbocycles. The molecule has 38 heavy (non-hydrogen) atoms. The fraction of sp³-hybridized carbons (Fsp3) is 0.207. The van der Waals surface area contributed by atoms with E-state index in [0.717, 1.165) is 48.2 Å². The lowest BCUT2D eigenvalue weighted by molar-refractivity contribution is 0.311. The van der Waals surface area contributed by atoms with Crippen molar-refractivity contribution < 1.29 is 8.78 Å². The number of para-hydroxylation sites is 1. The molecule has 1 aliphatic rings. The molecule has 7 nitrogen and oxygen atoms in total. The summed E-state index contributed by atoms with van der Waals surface area (Å²) in [6.07, 6.45) is 5.18. The van der Waals surface area contributed by atoms with Gasteiger partial charge in [0.15, 0.2) is 0 Å². The zero-order valence-electron chi connectivity index (χ0n) is 21.2. The first-order valence-corrected chi connectivity index (χ1v) is 12.5. The van der Waals surface area contributed by atoms with Gasteiger partial charge in [-0.1, -0.05) is 18.2 Å². The fourth-order valence-corrected chi connectivity index (χ4v) is 4.94. The summed E-state index contributed by atoms with van der Waals surface area (Å²) < 4.78 is 30.7. The quantitative estimate of drug-likeness (QED) is 0.316. The maximum Gasteiger partial charge on any atom is 0.227 e. The average Bonchev–Trinajstić information content (AvgIpc) is 3.26. The minimum absolute atomic E-state index is 0.289. The van der Waals surface area contributed by atoms with E-state index in [2.05, 4.69) is 32.1 Å². The lowest BCUT2D eigenvalue weighted by atomic mass is 10.0. The molecule has 0 aliphatic carbocycles. The van der Waals surface area contributed by atoms with Crippen LogP contribution in [0.25, 0.3) is 33.3 Å². The number of hydrogen-bond acceptors (Lipinski definition) is 6. The topological polar surface area (TPSA) is 62.1 Å². The Balaban J connectivity index is 1.38. The third-order valence-corrected chi connectivity index (χ3v) is 7.03. The number of aryl methyl sites for hydroxylation is 1. The van der Waals surface area contributed by atoms with E-state index in [0.29, 0.717) is 28.6 Å². The van der Waals surface area contributed by atoms with Gasteiger partial charge < -0.3 is 19.7 Å². The van der Waals surface area contributed by atoms with Crippen LogP contribution in [0.15, 0.2) is 73.2 Å². The summed E-state index contributed by atoms with van der Waals surface area (Å²) in [5, 5.41) is 4.19. The average molecular weight is 512 g/mol. The van der Waals surface area contributed by atoms with Crippen LogP contribution in [0, 0.1) is 11.8 Å². The molecule has 9 heteroatoms. The van der Waals surface area contributed by atoms with Gasteiger partial charge in [0.05, 0.1) is 11.4 Å². The molecule has 2 aromatic carbocycles. The van der Waals surface area contributed by atoms with E-state index in [1.165, 1.54) is 18.3 Å². The summed E-state index contributed by atoms with van der Waals surface area (Å²) in [4.78, 5) is 17.5. The molecule has 1 N–H and O–H groups in total. The van der Waals surface area contributed by atoms with E-state index in [9.17, 15) is 4.39 Å². The standard InChI is InChI=1S/C29H27F2N7/c1-36-11-13-38(14-12-36)26-9-8-20(15-24(26)30)34-29-33-17-22(19-7-10-27(31)32-16-19)28(35-29)23-18-37(2)25-6-4-3-5-21(23)25/h3-10,15-18H,11-14H2,1-2H3,(H,33,34,35). The molecule has 1 aliphatic heterocycles. The largest absolute Gasteiger partial charge is 0.367 e. The minimum atomic E-state index is -0.554. The Kier molecular flexibility index (Phi) is 6.21. The molecular formula is C29H27F2N7. The highest BCUT2D eigenvalue weighted by Gasteiger charge is 2.19. The van der Waals surface area contributed by atoms with E-state index < -0.39 is 5.95 Å². The van der Waals surface area contributed by atoms with E-state index in [-0.39, 0.29) is 5.82 Å². The number of likely N-dealkylation sites (N-methyl/N-ethyl adjacent to an activating group) is 1. The number of nitrogens with zero attached hydrogens (tertiary/aromatic N) is 6. The predicted octanol–water partition coefficient (Wildman–Crippen LogP) is 5.47. The smallest absolute Gasteiger partial charge is 0.227 e. The maximum absolute atomic E-state index is 15.1. The van der Waals surface area contributed by atoms with Crippen LogP contribution in [-0.2, 0) is 7.05 Å². The van der Waals surface area contributed by atoms with Crippen LogP contribution in [0.3, 0.4) is 0 Å². The molecule has 5 aromatic rings. The Morgan fingerprint density at radius 1 is 0.842 bits per heavy atom. The minimum Gasteiger partial charge on any atom is -0.367 e. The van der Waals surface area contributed by atoms with Crippen molar-refractivity contribution in [2.45, 2.75) is 0 Å².